The maximum atomic E-state index is 12.5. The van der Waals surface area contributed by atoms with Gasteiger partial charge in [-0.2, -0.15) is 0 Å². The van der Waals surface area contributed by atoms with E-state index in [0.29, 0.717) is 11.4 Å². The zero-order valence-corrected chi connectivity index (χ0v) is 14.3. The summed E-state index contributed by atoms with van der Waals surface area (Å²) in [5, 5.41) is 6.03. The minimum atomic E-state index is -1.01. The molecule has 24 heavy (non-hydrogen) atoms. The predicted molar refractivity (Wildman–Crippen MR) is 88.1 cm³/mol. The van der Waals surface area contributed by atoms with Gasteiger partial charge < -0.3 is 16.4 Å². The van der Waals surface area contributed by atoms with Crippen molar-refractivity contribution in [1.82, 2.24) is 20.5 Å². The molecule has 0 spiro atoms. The van der Waals surface area contributed by atoms with Gasteiger partial charge >= 0.3 is 11.8 Å². The van der Waals surface area contributed by atoms with E-state index in [4.69, 9.17) is 5.73 Å². The molecule has 130 valence electrons. The van der Waals surface area contributed by atoms with E-state index >= 15 is 0 Å². The molecule has 2 atom stereocenters. The van der Waals surface area contributed by atoms with E-state index in [0.717, 1.165) is 42.9 Å². The summed E-state index contributed by atoms with van der Waals surface area (Å²) in [5.41, 5.74) is 5.96. The third-order valence-corrected chi connectivity index (χ3v) is 5.51. The summed E-state index contributed by atoms with van der Waals surface area (Å²) < 4.78 is 0. The van der Waals surface area contributed by atoms with Gasteiger partial charge in [0.1, 0.15) is 0 Å². The quantitative estimate of drug-likeness (QED) is 0.648. The van der Waals surface area contributed by atoms with E-state index in [9.17, 15) is 14.4 Å². The molecule has 0 aromatic carbocycles. The van der Waals surface area contributed by atoms with E-state index in [2.05, 4.69) is 20.5 Å². The fourth-order valence-corrected chi connectivity index (χ4v) is 4.28. The molecule has 0 saturated heterocycles. The van der Waals surface area contributed by atoms with E-state index in [1.54, 1.807) is 0 Å². The number of nitrogens with two attached hydrogens (primary N) is 1. The summed E-state index contributed by atoms with van der Waals surface area (Å²) in [6, 6.07) is -0.489. The number of nitrogens with zero attached hydrogens (tertiary/aromatic N) is 2. The maximum Gasteiger partial charge on any atom is 0.309 e. The van der Waals surface area contributed by atoms with Crippen LogP contribution in [0.1, 0.15) is 46.1 Å². The molecule has 1 aromatic rings. The lowest BCUT2D eigenvalue weighted by Crippen LogP contribution is -2.55. The average molecular weight is 351 g/mol. The summed E-state index contributed by atoms with van der Waals surface area (Å²) in [6.07, 6.45) is 3.37. The van der Waals surface area contributed by atoms with Crippen LogP contribution in [-0.2, 0) is 22.7 Å². The van der Waals surface area contributed by atoms with Crippen molar-refractivity contribution in [3.05, 3.63) is 15.6 Å². The number of amides is 3. The Bertz CT molecular complexity index is 651. The lowest BCUT2D eigenvalue weighted by atomic mass is 9.90. The van der Waals surface area contributed by atoms with Crippen molar-refractivity contribution in [2.24, 2.45) is 5.73 Å². The van der Waals surface area contributed by atoms with Crippen LogP contribution in [0.3, 0.4) is 0 Å². The summed E-state index contributed by atoms with van der Waals surface area (Å²) in [4.78, 5) is 42.6. The van der Waals surface area contributed by atoms with E-state index in [1.807, 2.05) is 7.05 Å². The van der Waals surface area contributed by atoms with Gasteiger partial charge in [-0.3, -0.25) is 19.3 Å². The summed E-state index contributed by atoms with van der Waals surface area (Å²) in [5.74, 6) is -2.04. The lowest BCUT2D eigenvalue weighted by molar-refractivity contribution is -0.138. The average Bonchev–Trinajstić information content (AvgIpc) is 3.06. The SMILES string of the molecule is CN1Cc2nc(C(=O)N[C@@H]3CCCC[C@@H]3NC(=O)C(N)=O)sc2C1. The molecule has 0 bridgehead atoms. The normalized spacial score (nSPS) is 23.5. The Hall–Kier alpha value is -2.00. The number of carbonyl (C=O) groups excluding carboxylic acids is 3. The molecule has 9 heteroatoms. The third-order valence-electron chi connectivity index (χ3n) is 4.43. The number of thiazole rings is 1. The highest BCUT2D eigenvalue weighted by Gasteiger charge is 2.30. The number of carbonyl (C=O) groups is 3. The van der Waals surface area contributed by atoms with Gasteiger partial charge in [-0.25, -0.2) is 4.98 Å². The second-order valence-corrected chi connectivity index (χ2v) is 7.45. The van der Waals surface area contributed by atoms with Crippen LogP contribution in [0, 0.1) is 0 Å². The van der Waals surface area contributed by atoms with Crippen molar-refractivity contribution in [2.45, 2.75) is 50.9 Å². The minimum absolute atomic E-state index is 0.212. The van der Waals surface area contributed by atoms with Crippen molar-refractivity contribution in [1.29, 1.82) is 0 Å². The Labute approximate surface area is 143 Å². The smallest absolute Gasteiger partial charge is 0.309 e. The van der Waals surface area contributed by atoms with Gasteiger partial charge in [0.05, 0.1) is 5.69 Å². The molecule has 2 aliphatic rings. The Morgan fingerprint density at radius 1 is 1.17 bits per heavy atom. The summed E-state index contributed by atoms with van der Waals surface area (Å²) >= 11 is 1.42. The predicted octanol–water partition coefficient (Wildman–Crippen LogP) is -0.269. The standard InChI is InChI=1S/C15H21N5O3S/c1-20-6-10-11(7-20)24-15(19-10)14(23)18-9-5-3-2-4-8(9)17-13(22)12(16)21/h8-9H,2-7H2,1H3,(H2,16,21)(H,17,22)(H,18,23)/t8-,9+/m0/s1. The highest BCUT2D eigenvalue weighted by Crippen LogP contribution is 2.27. The molecular formula is C15H21N5O3S. The van der Waals surface area contributed by atoms with Crippen molar-refractivity contribution in [3.8, 4) is 0 Å². The first-order valence-electron chi connectivity index (χ1n) is 8.02. The zero-order valence-electron chi connectivity index (χ0n) is 13.5. The van der Waals surface area contributed by atoms with Gasteiger partial charge in [0.2, 0.25) is 0 Å². The van der Waals surface area contributed by atoms with Gasteiger partial charge in [0.25, 0.3) is 5.91 Å². The molecule has 3 amide bonds. The molecule has 2 heterocycles. The van der Waals surface area contributed by atoms with Crippen molar-refractivity contribution >= 4 is 29.1 Å². The van der Waals surface area contributed by atoms with E-state index < -0.39 is 11.8 Å². The maximum absolute atomic E-state index is 12.5. The Kier molecular flexibility index (Phi) is 4.81. The molecule has 3 rings (SSSR count). The van der Waals surface area contributed by atoms with Crippen LogP contribution in [0.25, 0.3) is 0 Å². The van der Waals surface area contributed by atoms with Crippen LogP contribution < -0.4 is 16.4 Å². The molecule has 1 aliphatic carbocycles. The second-order valence-electron chi connectivity index (χ2n) is 6.37. The van der Waals surface area contributed by atoms with Crippen LogP contribution in [0.5, 0.6) is 0 Å². The molecule has 0 unspecified atom stereocenters. The Morgan fingerprint density at radius 2 is 1.83 bits per heavy atom. The van der Waals surface area contributed by atoms with Crippen LogP contribution in [0.2, 0.25) is 0 Å². The minimum Gasteiger partial charge on any atom is -0.361 e. The van der Waals surface area contributed by atoms with Crippen molar-refractivity contribution in [3.63, 3.8) is 0 Å². The van der Waals surface area contributed by atoms with E-state index in [1.165, 1.54) is 11.3 Å². The molecule has 0 radical (unpaired) electrons. The number of hydrogen-bond donors (Lipinski definition) is 3. The molecule has 1 saturated carbocycles. The van der Waals surface area contributed by atoms with Gasteiger partial charge in [-0.15, -0.1) is 11.3 Å². The first-order valence-corrected chi connectivity index (χ1v) is 8.84. The molecular weight excluding hydrogens is 330 g/mol. The van der Waals surface area contributed by atoms with Crippen LogP contribution in [0.4, 0.5) is 0 Å². The van der Waals surface area contributed by atoms with E-state index in [-0.39, 0.29) is 18.0 Å². The summed E-state index contributed by atoms with van der Waals surface area (Å²) in [6.45, 7) is 1.58. The number of primary amides is 1. The number of nitrogens with one attached hydrogen (secondary N) is 2. The van der Waals surface area contributed by atoms with Crippen molar-refractivity contribution < 1.29 is 14.4 Å². The fraction of sp³-hybridized carbons (Fsp3) is 0.600. The number of hydrogen-bond acceptors (Lipinski definition) is 6. The topological polar surface area (TPSA) is 117 Å². The number of fused-ring (bicyclic) bond motifs is 1. The molecule has 8 nitrogen and oxygen atoms in total. The van der Waals surface area contributed by atoms with Gasteiger partial charge in [-0.1, -0.05) is 12.8 Å². The third kappa shape index (κ3) is 3.57. The largest absolute Gasteiger partial charge is 0.361 e. The van der Waals surface area contributed by atoms with Crippen LogP contribution in [0.15, 0.2) is 0 Å². The first-order chi connectivity index (χ1) is 11.4. The fourth-order valence-electron chi connectivity index (χ4n) is 3.23. The monoisotopic (exact) mass is 351 g/mol. The number of aromatic nitrogens is 1. The molecule has 1 aromatic heterocycles. The van der Waals surface area contributed by atoms with Gasteiger partial charge in [-0.05, 0) is 19.9 Å². The van der Waals surface area contributed by atoms with Gasteiger partial charge in [0.15, 0.2) is 5.01 Å². The Morgan fingerprint density at radius 3 is 2.46 bits per heavy atom. The molecule has 1 aliphatic heterocycles. The highest BCUT2D eigenvalue weighted by atomic mass is 32.1. The molecule has 1 fully saturated rings. The summed E-state index contributed by atoms with van der Waals surface area (Å²) in [7, 11) is 2.02. The lowest BCUT2D eigenvalue weighted by Gasteiger charge is -2.32. The van der Waals surface area contributed by atoms with Gasteiger partial charge in [0, 0.05) is 30.1 Å². The zero-order chi connectivity index (χ0) is 17.3. The Balaban J connectivity index is 1.64. The van der Waals surface area contributed by atoms with Crippen LogP contribution >= 0.6 is 11.3 Å². The van der Waals surface area contributed by atoms with Crippen molar-refractivity contribution in [2.75, 3.05) is 7.05 Å². The second kappa shape index (κ2) is 6.86. The number of rotatable bonds is 3. The van der Waals surface area contributed by atoms with Crippen LogP contribution in [-0.4, -0.2) is 46.7 Å². The molecule has 4 N–H and O–H groups in total. The first kappa shape index (κ1) is 16.8. The highest BCUT2D eigenvalue weighted by molar-refractivity contribution is 7.13.